The molecule has 0 radical (unpaired) electrons. The molecule has 0 fully saturated rings. The Morgan fingerprint density at radius 1 is 1.40 bits per heavy atom. The van der Waals surface area contributed by atoms with Gasteiger partial charge in [0.15, 0.2) is 0 Å². The lowest BCUT2D eigenvalue weighted by Gasteiger charge is -2.19. The van der Waals surface area contributed by atoms with Gasteiger partial charge in [-0.15, -0.1) is 0 Å². The van der Waals surface area contributed by atoms with Crippen LogP contribution in [0, 0.1) is 0 Å². The molecular weight excluding hydrogens is 320 g/mol. The number of aromatic nitrogens is 4. The molecule has 0 spiro atoms. The normalized spacial score (nSPS) is 10.6. The van der Waals surface area contributed by atoms with E-state index in [0.29, 0.717) is 0 Å². The zero-order valence-corrected chi connectivity index (χ0v) is 13.6. The van der Waals surface area contributed by atoms with Crippen LogP contribution in [0.1, 0.15) is 18.9 Å². The molecule has 2 aromatic rings. The number of aryl methyl sites for hydroxylation is 1. The molecule has 0 saturated carbocycles. The molecule has 0 unspecified atom stereocenters. The standard InChI is InChI=1S/C13H19BrN6/c1-4-5-15-12-11(14)13(17-9-16-12)19(2)7-10-6-18-20(3)8-10/h6,8-9H,4-5,7H2,1-3H3,(H,15,16,17). The lowest BCUT2D eigenvalue weighted by atomic mass is 10.3. The molecular formula is C13H19BrN6. The van der Waals surface area contributed by atoms with E-state index in [1.54, 1.807) is 11.0 Å². The molecule has 6 nitrogen and oxygen atoms in total. The van der Waals surface area contributed by atoms with E-state index in [4.69, 9.17) is 0 Å². The zero-order valence-electron chi connectivity index (χ0n) is 12.0. The summed E-state index contributed by atoms with van der Waals surface area (Å²) in [5.41, 5.74) is 1.14. The van der Waals surface area contributed by atoms with Crippen molar-refractivity contribution in [2.45, 2.75) is 19.9 Å². The Balaban J connectivity index is 2.14. The van der Waals surface area contributed by atoms with Crippen LogP contribution in [0.25, 0.3) is 0 Å². The van der Waals surface area contributed by atoms with Crippen molar-refractivity contribution < 1.29 is 0 Å². The molecule has 108 valence electrons. The first-order valence-corrected chi connectivity index (χ1v) is 7.34. The molecule has 2 heterocycles. The minimum absolute atomic E-state index is 0.747. The van der Waals surface area contributed by atoms with Crippen molar-refractivity contribution in [2.24, 2.45) is 7.05 Å². The average molecular weight is 339 g/mol. The smallest absolute Gasteiger partial charge is 0.148 e. The Labute approximate surface area is 127 Å². The predicted molar refractivity (Wildman–Crippen MR) is 83.8 cm³/mol. The highest BCUT2D eigenvalue weighted by molar-refractivity contribution is 9.10. The molecule has 7 heteroatoms. The maximum absolute atomic E-state index is 4.35. The third-order valence-corrected chi connectivity index (χ3v) is 3.58. The van der Waals surface area contributed by atoms with Gasteiger partial charge < -0.3 is 10.2 Å². The third kappa shape index (κ3) is 3.47. The molecule has 2 aromatic heterocycles. The van der Waals surface area contributed by atoms with Gasteiger partial charge in [-0.2, -0.15) is 5.10 Å². The summed E-state index contributed by atoms with van der Waals surface area (Å²) in [4.78, 5) is 10.7. The van der Waals surface area contributed by atoms with Crippen LogP contribution in [0.3, 0.4) is 0 Å². The largest absolute Gasteiger partial charge is 0.369 e. The molecule has 0 aromatic carbocycles. The van der Waals surface area contributed by atoms with Crippen LogP contribution in [-0.2, 0) is 13.6 Å². The maximum atomic E-state index is 4.35. The number of nitrogens with one attached hydrogen (secondary N) is 1. The van der Waals surface area contributed by atoms with Crippen molar-refractivity contribution >= 4 is 27.6 Å². The minimum Gasteiger partial charge on any atom is -0.369 e. The van der Waals surface area contributed by atoms with Gasteiger partial charge >= 0.3 is 0 Å². The molecule has 0 saturated heterocycles. The highest BCUT2D eigenvalue weighted by Gasteiger charge is 2.13. The molecule has 0 amide bonds. The Morgan fingerprint density at radius 3 is 2.85 bits per heavy atom. The van der Waals surface area contributed by atoms with Gasteiger partial charge in [0.1, 0.15) is 22.4 Å². The summed E-state index contributed by atoms with van der Waals surface area (Å²) in [5, 5.41) is 7.46. The van der Waals surface area contributed by atoms with E-state index in [1.807, 2.05) is 26.5 Å². The van der Waals surface area contributed by atoms with Crippen LogP contribution in [0.2, 0.25) is 0 Å². The molecule has 1 N–H and O–H groups in total. The number of halogens is 1. The van der Waals surface area contributed by atoms with Crippen molar-refractivity contribution in [2.75, 3.05) is 23.8 Å². The van der Waals surface area contributed by atoms with Gasteiger partial charge in [0.25, 0.3) is 0 Å². The fourth-order valence-electron chi connectivity index (χ4n) is 1.90. The number of rotatable bonds is 6. The second kappa shape index (κ2) is 6.69. The highest BCUT2D eigenvalue weighted by atomic mass is 79.9. The summed E-state index contributed by atoms with van der Waals surface area (Å²) in [7, 11) is 3.92. The van der Waals surface area contributed by atoms with E-state index in [9.17, 15) is 0 Å². The summed E-state index contributed by atoms with van der Waals surface area (Å²) < 4.78 is 2.69. The lowest BCUT2D eigenvalue weighted by molar-refractivity contribution is 0.766. The van der Waals surface area contributed by atoms with E-state index >= 15 is 0 Å². The number of hydrogen-bond acceptors (Lipinski definition) is 5. The number of anilines is 2. The Hall–Kier alpha value is -1.63. The minimum atomic E-state index is 0.747. The van der Waals surface area contributed by atoms with Crippen LogP contribution in [-0.4, -0.2) is 33.3 Å². The second-order valence-corrected chi connectivity index (χ2v) is 5.46. The first-order valence-electron chi connectivity index (χ1n) is 6.54. The number of nitrogens with zero attached hydrogens (tertiary/aromatic N) is 5. The van der Waals surface area contributed by atoms with Crippen molar-refractivity contribution in [3.8, 4) is 0 Å². The van der Waals surface area contributed by atoms with E-state index in [1.165, 1.54) is 0 Å². The average Bonchev–Trinajstić information content (AvgIpc) is 2.83. The Morgan fingerprint density at radius 2 is 2.20 bits per heavy atom. The van der Waals surface area contributed by atoms with Crippen LogP contribution >= 0.6 is 15.9 Å². The maximum Gasteiger partial charge on any atom is 0.148 e. The second-order valence-electron chi connectivity index (χ2n) is 4.66. The summed E-state index contributed by atoms with van der Waals surface area (Å²) >= 11 is 3.58. The first kappa shape index (κ1) is 14.8. The van der Waals surface area contributed by atoms with Gasteiger partial charge in [-0.25, -0.2) is 9.97 Å². The van der Waals surface area contributed by atoms with Gasteiger partial charge in [-0.05, 0) is 22.4 Å². The quantitative estimate of drug-likeness (QED) is 0.876. The SMILES string of the molecule is CCCNc1ncnc(N(C)Cc2cnn(C)c2)c1Br. The molecule has 0 bridgehead atoms. The predicted octanol–water partition coefficient (Wildman–Crippen LogP) is 2.43. The topological polar surface area (TPSA) is 58.9 Å². The van der Waals surface area contributed by atoms with Crippen LogP contribution in [0.15, 0.2) is 23.2 Å². The Kier molecular flexibility index (Phi) is 4.94. The van der Waals surface area contributed by atoms with Crippen LogP contribution < -0.4 is 10.2 Å². The first-order chi connectivity index (χ1) is 9.61. The number of hydrogen-bond donors (Lipinski definition) is 1. The van der Waals surface area contributed by atoms with E-state index in [2.05, 4.69) is 48.1 Å². The van der Waals surface area contributed by atoms with E-state index in [0.717, 1.165) is 41.2 Å². The van der Waals surface area contributed by atoms with Gasteiger partial charge in [0.2, 0.25) is 0 Å². The Bertz CT molecular complexity index is 568. The summed E-state index contributed by atoms with van der Waals surface area (Å²) in [5.74, 6) is 1.69. The lowest BCUT2D eigenvalue weighted by Crippen LogP contribution is -2.19. The van der Waals surface area contributed by atoms with Crippen LogP contribution in [0.4, 0.5) is 11.6 Å². The van der Waals surface area contributed by atoms with E-state index < -0.39 is 0 Å². The van der Waals surface area contributed by atoms with Gasteiger partial charge in [-0.1, -0.05) is 6.92 Å². The summed E-state index contributed by atoms with van der Waals surface area (Å²) in [6, 6.07) is 0. The van der Waals surface area contributed by atoms with Gasteiger partial charge in [0.05, 0.1) is 6.20 Å². The highest BCUT2D eigenvalue weighted by Crippen LogP contribution is 2.29. The molecule has 0 aliphatic rings. The van der Waals surface area contributed by atoms with Crippen molar-refractivity contribution in [1.29, 1.82) is 0 Å². The fraction of sp³-hybridized carbons (Fsp3) is 0.462. The third-order valence-electron chi connectivity index (χ3n) is 2.85. The van der Waals surface area contributed by atoms with Gasteiger partial charge in [-0.3, -0.25) is 4.68 Å². The monoisotopic (exact) mass is 338 g/mol. The van der Waals surface area contributed by atoms with E-state index in [-0.39, 0.29) is 0 Å². The van der Waals surface area contributed by atoms with Crippen LogP contribution in [0.5, 0.6) is 0 Å². The van der Waals surface area contributed by atoms with Crippen molar-refractivity contribution in [3.05, 3.63) is 28.8 Å². The van der Waals surface area contributed by atoms with Gasteiger partial charge in [0, 0.05) is 38.9 Å². The molecule has 0 aliphatic carbocycles. The summed E-state index contributed by atoms with van der Waals surface area (Å²) in [6.45, 7) is 3.76. The summed E-state index contributed by atoms with van der Waals surface area (Å²) in [6.07, 6.45) is 6.50. The molecule has 2 rings (SSSR count). The van der Waals surface area contributed by atoms with Crippen molar-refractivity contribution in [1.82, 2.24) is 19.7 Å². The zero-order chi connectivity index (χ0) is 14.5. The molecule has 0 atom stereocenters. The fourth-order valence-corrected chi connectivity index (χ4v) is 2.54. The molecule has 0 aliphatic heterocycles. The molecule has 20 heavy (non-hydrogen) atoms. The van der Waals surface area contributed by atoms with Crippen molar-refractivity contribution in [3.63, 3.8) is 0 Å².